The van der Waals surface area contributed by atoms with Gasteiger partial charge < -0.3 is 10.4 Å². The van der Waals surface area contributed by atoms with Gasteiger partial charge in [0.2, 0.25) is 0 Å². The lowest BCUT2D eigenvalue weighted by Crippen LogP contribution is -2.08. The quantitative estimate of drug-likeness (QED) is 0.597. The molecular formula is C11H13F3N2O3S. The molecule has 1 aromatic rings. The Labute approximate surface area is 116 Å². The number of hydrogen-bond acceptors (Lipinski definition) is 5. The second-order valence-electron chi connectivity index (χ2n) is 4.06. The third-order valence-electron chi connectivity index (χ3n) is 2.31. The summed E-state index contributed by atoms with van der Waals surface area (Å²) in [7, 11) is 0. The van der Waals surface area contributed by atoms with E-state index in [1.807, 2.05) is 0 Å². The fraction of sp³-hybridized carbons (Fsp3) is 0.545. The molecule has 0 radical (unpaired) electrons. The molecule has 0 aromatic carbocycles. The normalized spacial score (nSPS) is 11.4. The van der Waals surface area contributed by atoms with Crippen LogP contribution in [0.2, 0.25) is 0 Å². The van der Waals surface area contributed by atoms with Crippen LogP contribution < -0.4 is 5.32 Å². The SMILES string of the molecule is CC(=O)c1sc(NCCCCC(F)(F)F)nc1C(=O)O. The maximum Gasteiger partial charge on any atom is 0.389 e. The van der Waals surface area contributed by atoms with E-state index in [1.165, 1.54) is 6.92 Å². The fourth-order valence-corrected chi connectivity index (χ4v) is 2.30. The van der Waals surface area contributed by atoms with Crippen LogP contribution in [-0.4, -0.2) is 34.6 Å². The number of unbranched alkanes of at least 4 members (excludes halogenated alkanes) is 1. The zero-order chi connectivity index (χ0) is 15.3. The largest absolute Gasteiger partial charge is 0.476 e. The Hall–Kier alpha value is -1.64. The number of thiazole rings is 1. The number of hydrogen-bond donors (Lipinski definition) is 2. The summed E-state index contributed by atoms with van der Waals surface area (Å²) in [5.41, 5.74) is -0.333. The molecule has 0 fully saturated rings. The van der Waals surface area contributed by atoms with Crippen LogP contribution in [0.4, 0.5) is 18.3 Å². The van der Waals surface area contributed by atoms with Crippen molar-refractivity contribution in [2.75, 3.05) is 11.9 Å². The molecule has 0 saturated heterocycles. The third-order valence-corrected chi connectivity index (χ3v) is 3.43. The van der Waals surface area contributed by atoms with E-state index in [-0.39, 0.29) is 35.1 Å². The third kappa shape index (κ3) is 5.16. The van der Waals surface area contributed by atoms with E-state index >= 15 is 0 Å². The summed E-state index contributed by atoms with van der Waals surface area (Å²) in [6.07, 6.45) is -4.77. The summed E-state index contributed by atoms with van der Waals surface area (Å²) in [5.74, 6) is -1.72. The van der Waals surface area contributed by atoms with Gasteiger partial charge in [-0.2, -0.15) is 13.2 Å². The van der Waals surface area contributed by atoms with E-state index < -0.39 is 24.3 Å². The summed E-state index contributed by atoms with van der Waals surface area (Å²) >= 11 is 0.885. The Morgan fingerprint density at radius 2 is 2.00 bits per heavy atom. The number of carboxylic acid groups (broad SMARTS) is 1. The van der Waals surface area contributed by atoms with Crippen molar-refractivity contribution in [2.24, 2.45) is 0 Å². The molecule has 0 aliphatic rings. The van der Waals surface area contributed by atoms with Crippen LogP contribution in [0, 0.1) is 0 Å². The number of carbonyl (C=O) groups excluding carboxylic acids is 1. The topological polar surface area (TPSA) is 79.3 Å². The number of nitrogens with one attached hydrogen (secondary N) is 1. The van der Waals surface area contributed by atoms with Gasteiger partial charge in [0.1, 0.15) is 4.88 Å². The van der Waals surface area contributed by atoms with Crippen LogP contribution >= 0.6 is 11.3 Å². The van der Waals surface area contributed by atoms with Crippen LogP contribution in [0.15, 0.2) is 0 Å². The van der Waals surface area contributed by atoms with Crippen molar-refractivity contribution in [3.63, 3.8) is 0 Å². The lowest BCUT2D eigenvalue weighted by atomic mass is 10.2. The van der Waals surface area contributed by atoms with Crippen molar-refractivity contribution in [3.8, 4) is 0 Å². The predicted octanol–water partition coefficient (Wildman–Crippen LogP) is 3.19. The Balaban J connectivity index is 2.51. The number of Topliss-reactive ketones (excluding diaryl/α,β-unsaturated/α-hetero) is 1. The zero-order valence-electron chi connectivity index (χ0n) is 10.6. The molecule has 0 aliphatic carbocycles. The molecule has 1 heterocycles. The summed E-state index contributed by atoms with van der Waals surface area (Å²) in [6, 6.07) is 0. The van der Waals surface area contributed by atoms with E-state index in [4.69, 9.17) is 5.11 Å². The number of anilines is 1. The number of alkyl halides is 3. The Bertz CT molecular complexity index is 468. The lowest BCUT2D eigenvalue weighted by molar-refractivity contribution is -0.135. The van der Waals surface area contributed by atoms with E-state index in [0.717, 1.165) is 11.3 Å². The highest BCUT2D eigenvalue weighted by Crippen LogP contribution is 2.25. The van der Waals surface area contributed by atoms with E-state index in [1.54, 1.807) is 0 Å². The maximum absolute atomic E-state index is 11.9. The van der Waals surface area contributed by atoms with E-state index in [9.17, 15) is 22.8 Å². The van der Waals surface area contributed by atoms with Gasteiger partial charge in [-0.3, -0.25) is 4.79 Å². The number of rotatable bonds is 7. The number of halogens is 3. The Kier molecular flexibility index (Phi) is 5.49. The van der Waals surface area contributed by atoms with Gasteiger partial charge >= 0.3 is 12.1 Å². The number of aromatic carboxylic acids is 1. The standard InChI is InChI=1S/C11H13F3N2O3S/c1-6(17)8-7(9(18)19)16-10(20-8)15-5-3-2-4-11(12,13)14/h2-5H2,1H3,(H,15,16)(H,18,19). The molecule has 1 rings (SSSR count). The second kappa shape index (κ2) is 6.69. The number of carboxylic acids is 1. The minimum absolute atomic E-state index is 0.0206. The van der Waals surface area contributed by atoms with Gasteiger partial charge in [-0.05, 0) is 12.8 Å². The van der Waals surface area contributed by atoms with Gasteiger partial charge in [0.25, 0.3) is 0 Å². The molecule has 0 unspecified atom stereocenters. The molecule has 1 aromatic heterocycles. The highest BCUT2D eigenvalue weighted by Gasteiger charge is 2.25. The number of nitrogens with zero attached hydrogens (tertiary/aromatic N) is 1. The summed E-state index contributed by atoms with van der Waals surface area (Å²) in [5, 5.41) is 11.8. The highest BCUT2D eigenvalue weighted by atomic mass is 32.1. The molecular weight excluding hydrogens is 297 g/mol. The van der Waals surface area contributed by atoms with Gasteiger partial charge in [0.15, 0.2) is 16.6 Å². The monoisotopic (exact) mass is 310 g/mol. The Morgan fingerprint density at radius 1 is 1.35 bits per heavy atom. The first-order valence-corrected chi connectivity index (χ1v) is 6.58. The van der Waals surface area contributed by atoms with Crippen LogP contribution in [0.1, 0.15) is 46.3 Å². The van der Waals surface area contributed by atoms with Crippen molar-refractivity contribution >= 4 is 28.2 Å². The van der Waals surface area contributed by atoms with E-state index in [2.05, 4.69) is 10.3 Å². The zero-order valence-corrected chi connectivity index (χ0v) is 11.4. The summed E-state index contributed by atoms with van der Waals surface area (Å²) < 4.78 is 35.7. The van der Waals surface area contributed by atoms with Gasteiger partial charge in [-0.25, -0.2) is 9.78 Å². The molecule has 20 heavy (non-hydrogen) atoms. The minimum Gasteiger partial charge on any atom is -0.476 e. The molecule has 112 valence electrons. The molecule has 9 heteroatoms. The summed E-state index contributed by atoms with van der Waals surface area (Å²) in [4.78, 5) is 25.9. The molecule has 0 saturated carbocycles. The molecule has 0 atom stereocenters. The molecule has 2 N–H and O–H groups in total. The lowest BCUT2D eigenvalue weighted by Gasteiger charge is -2.05. The van der Waals surface area contributed by atoms with Gasteiger partial charge in [0, 0.05) is 19.9 Å². The minimum atomic E-state index is -4.17. The molecule has 0 aliphatic heterocycles. The fourth-order valence-electron chi connectivity index (χ4n) is 1.43. The van der Waals surface area contributed by atoms with Crippen molar-refractivity contribution in [3.05, 3.63) is 10.6 Å². The van der Waals surface area contributed by atoms with Crippen molar-refractivity contribution < 1.29 is 27.9 Å². The van der Waals surface area contributed by atoms with Gasteiger partial charge in [-0.15, -0.1) is 0 Å². The molecule has 0 bridgehead atoms. The first-order chi connectivity index (χ1) is 9.20. The van der Waals surface area contributed by atoms with Crippen LogP contribution in [0.5, 0.6) is 0 Å². The highest BCUT2D eigenvalue weighted by molar-refractivity contribution is 7.17. The van der Waals surface area contributed by atoms with Crippen molar-refractivity contribution in [2.45, 2.75) is 32.4 Å². The maximum atomic E-state index is 11.9. The van der Waals surface area contributed by atoms with E-state index in [0.29, 0.717) is 0 Å². The average molecular weight is 310 g/mol. The number of carbonyl (C=O) groups is 2. The van der Waals surface area contributed by atoms with Crippen LogP contribution in [-0.2, 0) is 0 Å². The van der Waals surface area contributed by atoms with Crippen molar-refractivity contribution in [1.82, 2.24) is 4.98 Å². The first-order valence-electron chi connectivity index (χ1n) is 5.76. The van der Waals surface area contributed by atoms with Gasteiger partial charge in [-0.1, -0.05) is 11.3 Å². The number of aromatic nitrogens is 1. The molecule has 0 spiro atoms. The van der Waals surface area contributed by atoms with Crippen molar-refractivity contribution in [1.29, 1.82) is 0 Å². The first kappa shape index (κ1) is 16.4. The average Bonchev–Trinajstić information content (AvgIpc) is 2.71. The van der Waals surface area contributed by atoms with Crippen LogP contribution in [0.3, 0.4) is 0 Å². The summed E-state index contributed by atoms with van der Waals surface area (Å²) in [6.45, 7) is 1.47. The smallest absolute Gasteiger partial charge is 0.389 e. The molecule has 0 amide bonds. The number of ketones is 1. The van der Waals surface area contributed by atoms with Gasteiger partial charge in [0.05, 0.1) is 0 Å². The molecule has 5 nitrogen and oxygen atoms in total. The Morgan fingerprint density at radius 3 is 2.45 bits per heavy atom. The second-order valence-corrected chi connectivity index (χ2v) is 5.06. The predicted molar refractivity (Wildman–Crippen MR) is 67.5 cm³/mol. The van der Waals surface area contributed by atoms with Crippen LogP contribution in [0.25, 0.3) is 0 Å².